The second-order valence-corrected chi connectivity index (χ2v) is 5.36. The van der Waals surface area contributed by atoms with Gasteiger partial charge in [0.2, 0.25) is 0 Å². The van der Waals surface area contributed by atoms with Gasteiger partial charge in [-0.15, -0.1) is 11.3 Å². The molecule has 0 aliphatic rings. The first-order valence-electron chi connectivity index (χ1n) is 5.10. The molecule has 0 radical (unpaired) electrons. The number of aryl methyl sites for hydroxylation is 1. The Kier molecular flexibility index (Phi) is 3.53. The SMILES string of the molecule is Cc1sc(=S)n(CCO)c1-c1ccccc1. The van der Waals surface area contributed by atoms with Gasteiger partial charge in [-0.25, -0.2) is 0 Å². The zero-order chi connectivity index (χ0) is 11.5. The minimum atomic E-state index is 0.115. The second kappa shape index (κ2) is 4.91. The van der Waals surface area contributed by atoms with Crippen molar-refractivity contribution in [2.75, 3.05) is 6.61 Å². The Morgan fingerprint density at radius 3 is 2.62 bits per heavy atom. The summed E-state index contributed by atoms with van der Waals surface area (Å²) in [6, 6.07) is 10.2. The first-order valence-corrected chi connectivity index (χ1v) is 6.33. The topological polar surface area (TPSA) is 25.2 Å². The van der Waals surface area contributed by atoms with E-state index in [9.17, 15) is 0 Å². The van der Waals surface area contributed by atoms with Crippen LogP contribution in [0.4, 0.5) is 0 Å². The second-order valence-electron chi connectivity index (χ2n) is 3.51. The van der Waals surface area contributed by atoms with Crippen molar-refractivity contribution in [3.63, 3.8) is 0 Å². The molecule has 4 heteroatoms. The van der Waals surface area contributed by atoms with Crippen LogP contribution in [0, 0.1) is 10.9 Å². The minimum Gasteiger partial charge on any atom is -0.395 e. The van der Waals surface area contributed by atoms with Crippen molar-refractivity contribution in [2.24, 2.45) is 0 Å². The molecule has 0 spiro atoms. The van der Waals surface area contributed by atoms with Crippen LogP contribution in [0.25, 0.3) is 11.3 Å². The Morgan fingerprint density at radius 2 is 2.00 bits per heavy atom. The third-order valence-electron chi connectivity index (χ3n) is 2.44. The standard InChI is InChI=1S/C12H13NOS2/c1-9-11(10-5-3-2-4-6-10)13(7-8-14)12(15)16-9/h2-6,14H,7-8H2,1H3. The summed E-state index contributed by atoms with van der Waals surface area (Å²) < 4.78 is 2.83. The van der Waals surface area contributed by atoms with Crippen LogP contribution < -0.4 is 0 Å². The van der Waals surface area contributed by atoms with Gasteiger partial charge in [0.15, 0.2) is 3.95 Å². The number of aromatic nitrogens is 1. The van der Waals surface area contributed by atoms with Gasteiger partial charge in [-0.3, -0.25) is 0 Å². The van der Waals surface area contributed by atoms with E-state index in [0.29, 0.717) is 6.54 Å². The predicted molar refractivity (Wildman–Crippen MR) is 70.4 cm³/mol. The summed E-state index contributed by atoms with van der Waals surface area (Å²) in [5.41, 5.74) is 2.28. The predicted octanol–water partition coefficient (Wildman–Crippen LogP) is 3.25. The molecule has 0 aliphatic heterocycles. The first-order chi connectivity index (χ1) is 7.74. The van der Waals surface area contributed by atoms with Crippen LogP contribution in [0.1, 0.15) is 4.88 Å². The summed E-state index contributed by atoms with van der Waals surface area (Å²) in [6.07, 6.45) is 0. The van der Waals surface area contributed by atoms with Gasteiger partial charge in [0.25, 0.3) is 0 Å². The van der Waals surface area contributed by atoms with Gasteiger partial charge in [0.1, 0.15) is 0 Å². The molecule has 16 heavy (non-hydrogen) atoms. The van der Waals surface area contributed by atoms with Gasteiger partial charge in [-0.1, -0.05) is 30.3 Å². The van der Waals surface area contributed by atoms with Crippen LogP contribution in [0.15, 0.2) is 30.3 Å². The lowest BCUT2D eigenvalue weighted by Gasteiger charge is -2.08. The van der Waals surface area contributed by atoms with Crippen LogP contribution in [-0.4, -0.2) is 16.3 Å². The lowest BCUT2D eigenvalue weighted by Crippen LogP contribution is -2.04. The van der Waals surface area contributed by atoms with Gasteiger partial charge in [0, 0.05) is 11.4 Å². The van der Waals surface area contributed by atoms with Gasteiger partial charge in [-0.2, -0.15) is 0 Å². The Labute approximate surface area is 104 Å². The fourth-order valence-electron chi connectivity index (χ4n) is 1.77. The lowest BCUT2D eigenvalue weighted by molar-refractivity contribution is 0.276. The van der Waals surface area contributed by atoms with E-state index < -0.39 is 0 Å². The molecular weight excluding hydrogens is 238 g/mol. The van der Waals surface area contributed by atoms with Crippen LogP contribution in [0.2, 0.25) is 0 Å². The van der Waals surface area contributed by atoms with Gasteiger partial charge in [-0.05, 0) is 24.7 Å². The highest BCUT2D eigenvalue weighted by Gasteiger charge is 2.10. The van der Waals surface area contributed by atoms with Crippen LogP contribution in [0.3, 0.4) is 0 Å². The van der Waals surface area contributed by atoms with Crippen LogP contribution in [-0.2, 0) is 6.54 Å². The molecule has 0 saturated heterocycles. The molecule has 1 aromatic heterocycles. The Hall–Kier alpha value is -0.970. The molecule has 1 heterocycles. The quantitative estimate of drug-likeness (QED) is 0.847. The summed E-state index contributed by atoms with van der Waals surface area (Å²) in [4.78, 5) is 1.20. The average molecular weight is 251 g/mol. The van der Waals surface area contributed by atoms with E-state index >= 15 is 0 Å². The van der Waals surface area contributed by atoms with Gasteiger partial charge < -0.3 is 9.67 Å². The van der Waals surface area contributed by atoms with E-state index in [2.05, 4.69) is 19.1 Å². The number of rotatable bonds is 3. The Balaban J connectivity index is 2.60. The molecule has 0 bridgehead atoms. The van der Waals surface area contributed by atoms with Crippen molar-refractivity contribution < 1.29 is 5.11 Å². The molecule has 2 nitrogen and oxygen atoms in total. The number of thiazole rings is 1. The molecule has 84 valence electrons. The Morgan fingerprint density at radius 1 is 1.31 bits per heavy atom. The highest BCUT2D eigenvalue weighted by Crippen LogP contribution is 2.28. The first kappa shape index (κ1) is 11.5. The molecule has 0 aliphatic carbocycles. The van der Waals surface area contributed by atoms with Gasteiger partial charge >= 0.3 is 0 Å². The van der Waals surface area contributed by atoms with E-state index in [0.717, 1.165) is 15.2 Å². The van der Waals surface area contributed by atoms with Crippen molar-refractivity contribution >= 4 is 23.6 Å². The molecule has 0 saturated carbocycles. The summed E-state index contributed by atoms with van der Waals surface area (Å²) in [7, 11) is 0. The largest absolute Gasteiger partial charge is 0.395 e. The van der Waals surface area contributed by atoms with Crippen molar-refractivity contribution in [1.29, 1.82) is 0 Å². The van der Waals surface area contributed by atoms with E-state index in [4.69, 9.17) is 17.3 Å². The molecular formula is C12H13NOS2. The van der Waals surface area contributed by atoms with Crippen molar-refractivity contribution in [3.05, 3.63) is 39.2 Å². The fraction of sp³-hybridized carbons (Fsp3) is 0.250. The summed E-state index contributed by atoms with van der Waals surface area (Å²) >= 11 is 6.89. The Bertz CT molecular complexity index is 528. The average Bonchev–Trinajstić information content (AvgIpc) is 2.56. The van der Waals surface area contributed by atoms with E-state index in [1.54, 1.807) is 11.3 Å². The third kappa shape index (κ3) is 2.09. The third-order valence-corrected chi connectivity index (χ3v) is 3.80. The smallest absolute Gasteiger partial charge is 0.161 e. The fourth-order valence-corrected chi connectivity index (χ4v) is 3.21. The number of aliphatic hydroxyl groups is 1. The van der Waals surface area contributed by atoms with Crippen LogP contribution >= 0.6 is 23.6 Å². The molecule has 0 fully saturated rings. The number of hydrogen-bond donors (Lipinski definition) is 1. The maximum atomic E-state index is 9.06. The van der Waals surface area contributed by atoms with Gasteiger partial charge in [0.05, 0.1) is 12.3 Å². The van der Waals surface area contributed by atoms with E-state index in [-0.39, 0.29) is 6.61 Å². The molecule has 0 atom stereocenters. The number of aliphatic hydroxyl groups excluding tert-OH is 1. The number of benzene rings is 1. The lowest BCUT2D eigenvalue weighted by atomic mass is 10.1. The zero-order valence-electron chi connectivity index (χ0n) is 9.01. The number of hydrogen-bond acceptors (Lipinski definition) is 3. The molecule has 0 amide bonds. The van der Waals surface area contributed by atoms with Crippen molar-refractivity contribution in [3.8, 4) is 11.3 Å². The van der Waals surface area contributed by atoms with Crippen molar-refractivity contribution in [2.45, 2.75) is 13.5 Å². The highest BCUT2D eigenvalue weighted by atomic mass is 32.1. The molecule has 1 aromatic carbocycles. The van der Waals surface area contributed by atoms with Crippen molar-refractivity contribution in [1.82, 2.24) is 4.57 Å². The monoisotopic (exact) mass is 251 g/mol. The minimum absolute atomic E-state index is 0.115. The highest BCUT2D eigenvalue weighted by molar-refractivity contribution is 7.73. The molecule has 1 N–H and O–H groups in total. The van der Waals surface area contributed by atoms with E-state index in [1.165, 1.54) is 4.88 Å². The summed E-state index contributed by atoms with van der Waals surface area (Å²) in [6.45, 7) is 2.74. The van der Waals surface area contributed by atoms with E-state index in [1.807, 2.05) is 22.8 Å². The summed E-state index contributed by atoms with van der Waals surface area (Å²) in [5.74, 6) is 0. The zero-order valence-corrected chi connectivity index (χ0v) is 10.6. The van der Waals surface area contributed by atoms with Crippen LogP contribution in [0.5, 0.6) is 0 Å². The number of nitrogens with zero attached hydrogens (tertiary/aromatic N) is 1. The molecule has 2 rings (SSSR count). The maximum absolute atomic E-state index is 9.06. The maximum Gasteiger partial charge on any atom is 0.161 e. The molecule has 2 aromatic rings. The molecule has 0 unspecified atom stereocenters. The summed E-state index contributed by atoms with van der Waals surface area (Å²) in [5, 5.41) is 9.06. The normalized spacial score (nSPS) is 10.6.